The van der Waals surface area contributed by atoms with E-state index in [9.17, 15) is 0 Å². The number of methoxy groups -OCH3 is 1. The predicted molar refractivity (Wildman–Crippen MR) is 141 cm³/mol. The second-order valence-corrected chi connectivity index (χ2v) is 11.0. The van der Waals surface area contributed by atoms with Crippen molar-refractivity contribution in [3.05, 3.63) is 34.4 Å². The summed E-state index contributed by atoms with van der Waals surface area (Å²) >= 11 is 12.7. The zero-order valence-corrected chi connectivity index (χ0v) is 22.5. The lowest BCUT2D eigenvalue weighted by molar-refractivity contribution is 0.186. The Labute approximate surface area is 201 Å². The van der Waals surface area contributed by atoms with Gasteiger partial charge in [0, 0.05) is 38.2 Å². The third-order valence-electron chi connectivity index (χ3n) is 5.43. The van der Waals surface area contributed by atoms with Crippen LogP contribution in [0.3, 0.4) is 0 Å². The Morgan fingerprint density at radius 2 is 1.97 bits per heavy atom. The zero-order valence-electron chi connectivity index (χ0n) is 20.1. The van der Waals surface area contributed by atoms with Gasteiger partial charge in [-0.2, -0.15) is 0 Å². The Morgan fingerprint density at radius 3 is 2.52 bits per heavy atom. The quantitative estimate of drug-likeness (QED) is 0.112. The molecule has 1 rings (SSSR count). The molecule has 0 amide bonds. The molecular formula is C25H40Cl2NO2P. The second kappa shape index (κ2) is 16.1. The molecule has 2 unspecified atom stereocenters. The van der Waals surface area contributed by atoms with Crippen molar-refractivity contribution in [2.75, 3.05) is 40.0 Å². The lowest BCUT2D eigenvalue weighted by Crippen LogP contribution is -2.19. The molecule has 0 spiro atoms. The first-order valence-corrected chi connectivity index (χ1v) is 14.4. The Bertz CT molecular complexity index is 707. The van der Waals surface area contributed by atoms with Crippen molar-refractivity contribution in [2.24, 2.45) is 4.99 Å². The van der Waals surface area contributed by atoms with E-state index in [2.05, 4.69) is 50.4 Å². The molecule has 176 valence electrons. The van der Waals surface area contributed by atoms with Crippen LogP contribution in [0.2, 0.25) is 0 Å². The number of halogens is 2. The average Bonchev–Trinajstić information content (AvgIpc) is 2.75. The van der Waals surface area contributed by atoms with Crippen LogP contribution >= 0.6 is 31.1 Å². The van der Waals surface area contributed by atoms with E-state index in [4.69, 9.17) is 32.7 Å². The first-order chi connectivity index (χ1) is 14.9. The molecule has 3 nitrogen and oxygen atoms in total. The summed E-state index contributed by atoms with van der Waals surface area (Å²) in [4.78, 5) is 4.05. The molecule has 1 aromatic carbocycles. The minimum atomic E-state index is -0.256. The van der Waals surface area contributed by atoms with Gasteiger partial charge >= 0.3 is 0 Å². The number of allylic oxidation sites excluding steroid dienone is 2. The molecule has 0 aromatic heterocycles. The molecule has 6 heteroatoms. The fourth-order valence-corrected chi connectivity index (χ4v) is 5.17. The van der Waals surface area contributed by atoms with Gasteiger partial charge in [0.05, 0.1) is 11.1 Å². The summed E-state index contributed by atoms with van der Waals surface area (Å²) in [6.45, 7) is 9.72. The largest absolute Gasteiger partial charge is 0.490 e. The van der Waals surface area contributed by atoms with Crippen LogP contribution in [0, 0.1) is 0 Å². The van der Waals surface area contributed by atoms with Gasteiger partial charge in [-0.25, -0.2) is 0 Å². The molecule has 0 aliphatic carbocycles. The minimum Gasteiger partial charge on any atom is -0.490 e. The van der Waals surface area contributed by atoms with E-state index in [0.29, 0.717) is 16.8 Å². The fourth-order valence-electron chi connectivity index (χ4n) is 3.68. The number of hydrogen-bond donors (Lipinski definition) is 0. The van der Waals surface area contributed by atoms with Crippen LogP contribution in [-0.2, 0) is 4.74 Å². The van der Waals surface area contributed by atoms with Gasteiger partial charge in [-0.05, 0) is 68.6 Å². The number of rotatable bonds is 15. The predicted octanol–water partition coefficient (Wildman–Crippen LogP) is 7.34. The van der Waals surface area contributed by atoms with Crippen molar-refractivity contribution in [1.82, 2.24) is 0 Å². The number of hydrogen-bond acceptors (Lipinski definition) is 3. The summed E-state index contributed by atoms with van der Waals surface area (Å²) in [5.41, 5.74) is 2.30. The number of ether oxygens (including phenoxy) is 2. The van der Waals surface area contributed by atoms with Gasteiger partial charge in [-0.3, -0.25) is 4.99 Å². The highest BCUT2D eigenvalue weighted by atomic mass is 35.5. The molecule has 0 aliphatic heterocycles. The van der Waals surface area contributed by atoms with Crippen molar-refractivity contribution in [2.45, 2.75) is 64.4 Å². The maximum Gasteiger partial charge on any atom is 0.127 e. The number of benzene rings is 1. The van der Waals surface area contributed by atoms with Crippen LogP contribution in [0.5, 0.6) is 5.75 Å². The lowest BCUT2D eigenvalue weighted by atomic mass is 9.88. The summed E-state index contributed by atoms with van der Waals surface area (Å²) in [6.07, 6.45) is 7.95. The van der Waals surface area contributed by atoms with E-state index >= 15 is 0 Å². The second-order valence-electron chi connectivity index (χ2n) is 8.07. The van der Waals surface area contributed by atoms with Crippen molar-refractivity contribution in [1.29, 1.82) is 0 Å². The number of nitrogens with zero attached hydrogens (tertiary/aromatic N) is 1. The standard InChI is InChI=1S/C25H40Cl2NO2P/c1-7-10-22(8-2)30-24-16-20(12-13-25(24)31(5)6)19(11-9-14-29-4)15-21(17-26)23(27)18-28-3/h12-13,16,18-19,22H,7-11,14-15,17H2,1-6H3/b23-21+,28-18?. The van der Waals surface area contributed by atoms with Gasteiger partial charge in [0.2, 0.25) is 0 Å². The maximum atomic E-state index is 6.54. The maximum absolute atomic E-state index is 6.54. The van der Waals surface area contributed by atoms with Crippen LogP contribution in [0.25, 0.3) is 0 Å². The summed E-state index contributed by atoms with van der Waals surface area (Å²) in [5.74, 6) is 1.74. The molecule has 0 N–H and O–H groups in total. The van der Waals surface area contributed by atoms with Crippen LogP contribution < -0.4 is 10.0 Å². The molecule has 0 aliphatic rings. The van der Waals surface area contributed by atoms with Crippen molar-refractivity contribution < 1.29 is 9.47 Å². The SMILES string of the molecule is CCCC(CC)Oc1cc(C(CCCOC)C/C(CCl)=C(\Cl)C=NC)ccc1P(C)C. The molecule has 1 aromatic rings. The van der Waals surface area contributed by atoms with Crippen molar-refractivity contribution >= 4 is 42.6 Å². The third kappa shape index (κ3) is 9.82. The van der Waals surface area contributed by atoms with Crippen LogP contribution in [0.1, 0.15) is 63.9 Å². The summed E-state index contributed by atoms with van der Waals surface area (Å²) in [5, 5.41) is 1.97. The van der Waals surface area contributed by atoms with E-state index in [1.165, 1.54) is 10.9 Å². The van der Waals surface area contributed by atoms with Crippen molar-refractivity contribution in [3.63, 3.8) is 0 Å². The topological polar surface area (TPSA) is 30.8 Å². The Morgan fingerprint density at radius 1 is 1.23 bits per heavy atom. The van der Waals surface area contributed by atoms with E-state index in [1.54, 1.807) is 20.4 Å². The Hall–Kier alpha value is -0.600. The highest BCUT2D eigenvalue weighted by molar-refractivity contribution is 7.64. The van der Waals surface area contributed by atoms with Gasteiger partial charge in [-0.1, -0.05) is 51.9 Å². The first kappa shape index (κ1) is 28.4. The van der Waals surface area contributed by atoms with E-state index in [-0.39, 0.29) is 14.0 Å². The summed E-state index contributed by atoms with van der Waals surface area (Å²) < 4.78 is 11.8. The average molecular weight is 488 g/mol. The normalized spacial score (nSPS) is 14.7. The highest BCUT2D eigenvalue weighted by Crippen LogP contribution is 2.36. The molecule has 0 saturated heterocycles. The van der Waals surface area contributed by atoms with E-state index in [0.717, 1.165) is 56.5 Å². The molecule has 0 heterocycles. The first-order valence-electron chi connectivity index (χ1n) is 11.2. The highest BCUT2D eigenvalue weighted by Gasteiger charge is 2.19. The monoisotopic (exact) mass is 487 g/mol. The molecule has 0 radical (unpaired) electrons. The molecule has 31 heavy (non-hydrogen) atoms. The van der Waals surface area contributed by atoms with Crippen LogP contribution in [-0.4, -0.2) is 52.3 Å². The van der Waals surface area contributed by atoms with Gasteiger partial charge in [0.1, 0.15) is 5.75 Å². The van der Waals surface area contributed by atoms with Crippen LogP contribution in [0.15, 0.2) is 33.8 Å². The summed E-state index contributed by atoms with van der Waals surface area (Å²) in [7, 11) is 3.22. The van der Waals surface area contributed by atoms with Crippen molar-refractivity contribution in [3.8, 4) is 5.75 Å². The lowest BCUT2D eigenvalue weighted by Gasteiger charge is -2.24. The van der Waals surface area contributed by atoms with Gasteiger partial charge in [0.15, 0.2) is 0 Å². The molecule has 2 atom stereocenters. The number of alkyl halides is 1. The Kier molecular flexibility index (Phi) is 14.7. The number of aliphatic imine (C=N–C) groups is 1. The fraction of sp³-hybridized carbons (Fsp3) is 0.640. The zero-order chi connectivity index (χ0) is 23.2. The van der Waals surface area contributed by atoms with Gasteiger partial charge in [-0.15, -0.1) is 11.6 Å². The Balaban J connectivity index is 3.32. The third-order valence-corrected chi connectivity index (χ3v) is 7.45. The molecule has 0 saturated carbocycles. The molecule has 0 fully saturated rings. The summed E-state index contributed by atoms with van der Waals surface area (Å²) in [6, 6.07) is 6.79. The van der Waals surface area contributed by atoms with E-state index in [1.807, 2.05) is 0 Å². The van der Waals surface area contributed by atoms with Gasteiger partial charge in [0.25, 0.3) is 0 Å². The molecule has 0 bridgehead atoms. The van der Waals surface area contributed by atoms with Crippen LogP contribution in [0.4, 0.5) is 0 Å². The van der Waals surface area contributed by atoms with Gasteiger partial charge < -0.3 is 9.47 Å². The smallest absolute Gasteiger partial charge is 0.127 e. The van der Waals surface area contributed by atoms with E-state index < -0.39 is 0 Å². The molecular weight excluding hydrogens is 448 g/mol. The minimum absolute atomic E-state index is 0.256.